The molecule has 0 aliphatic carbocycles. The third-order valence-corrected chi connectivity index (χ3v) is 8.22. The maximum absolute atomic E-state index is 6.17. The van der Waals surface area contributed by atoms with Crippen LogP contribution in [0.2, 0.25) is 5.02 Å². The molecule has 4 aromatic carbocycles. The standard InChI is InChI=1S/C33H29ClN4S/c1-24-12-14-26(15-13-24)31(38-22-20-37(21-23-38)29-10-6-3-7-11-29)36-33-30(25-8-4-2-5-9-25)35-32(39-33)27-16-18-28(34)19-17-27/h2-19H,20-23H2,1H3. The number of aliphatic imine (C=N–C) groups is 1. The van der Waals surface area contributed by atoms with Gasteiger partial charge >= 0.3 is 0 Å². The van der Waals surface area contributed by atoms with Crippen molar-refractivity contribution in [1.82, 2.24) is 9.88 Å². The number of hydrogen-bond donors (Lipinski definition) is 0. The molecule has 1 aliphatic rings. The van der Waals surface area contributed by atoms with E-state index >= 15 is 0 Å². The molecule has 1 aliphatic heterocycles. The van der Waals surface area contributed by atoms with Crippen LogP contribution in [0, 0.1) is 6.92 Å². The van der Waals surface area contributed by atoms with Crippen LogP contribution in [0.4, 0.5) is 10.7 Å². The zero-order valence-electron chi connectivity index (χ0n) is 21.8. The van der Waals surface area contributed by atoms with Gasteiger partial charge in [0.05, 0.1) is 0 Å². The third kappa shape index (κ3) is 5.75. The summed E-state index contributed by atoms with van der Waals surface area (Å²) >= 11 is 7.79. The Labute approximate surface area is 238 Å². The topological polar surface area (TPSA) is 31.7 Å². The molecule has 1 aromatic heterocycles. The minimum atomic E-state index is 0.716. The summed E-state index contributed by atoms with van der Waals surface area (Å²) in [6.07, 6.45) is 0. The first-order valence-electron chi connectivity index (χ1n) is 13.2. The van der Waals surface area contributed by atoms with Crippen LogP contribution in [-0.4, -0.2) is 41.9 Å². The summed E-state index contributed by atoms with van der Waals surface area (Å²) < 4.78 is 0. The van der Waals surface area contributed by atoms with E-state index in [0.717, 1.165) is 64.4 Å². The van der Waals surface area contributed by atoms with Gasteiger partial charge in [0.1, 0.15) is 21.5 Å². The highest BCUT2D eigenvalue weighted by molar-refractivity contribution is 7.19. The van der Waals surface area contributed by atoms with E-state index in [1.807, 2.05) is 42.5 Å². The molecule has 6 rings (SSSR count). The molecule has 1 saturated heterocycles. The average Bonchev–Trinajstić information content (AvgIpc) is 3.42. The van der Waals surface area contributed by atoms with E-state index < -0.39 is 0 Å². The molecule has 2 heterocycles. The number of nitrogens with zero attached hydrogens (tertiary/aromatic N) is 4. The number of para-hydroxylation sites is 1. The Bertz CT molecular complexity index is 1550. The van der Waals surface area contributed by atoms with Gasteiger partial charge in [-0.2, -0.15) is 0 Å². The molecule has 0 N–H and O–H groups in total. The van der Waals surface area contributed by atoms with E-state index in [1.54, 1.807) is 11.3 Å². The Hall–Kier alpha value is -3.93. The van der Waals surface area contributed by atoms with Crippen LogP contribution in [0.1, 0.15) is 11.1 Å². The summed E-state index contributed by atoms with van der Waals surface area (Å²) in [7, 11) is 0. The van der Waals surface area contributed by atoms with Gasteiger partial charge in [-0.3, -0.25) is 0 Å². The van der Waals surface area contributed by atoms with E-state index in [1.165, 1.54) is 11.3 Å². The van der Waals surface area contributed by atoms with Gasteiger partial charge in [0.25, 0.3) is 0 Å². The lowest BCUT2D eigenvalue weighted by molar-refractivity contribution is 0.386. The number of rotatable bonds is 5. The zero-order chi connectivity index (χ0) is 26.6. The Morgan fingerprint density at radius 3 is 2.05 bits per heavy atom. The van der Waals surface area contributed by atoms with Gasteiger partial charge in [0.15, 0.2) is 0 Å². The molecule has 0 amide bonds. The number of halogens is 1. The monoisotopic (exact) mass is 548 g/mol. The molecule has 0 radical (unpaired) electrons. The molecule has 0 unspecified atom stereocenters. The summed E-state index contributed by atoms with van der Waals surface area (Å²) in [5.74, 6) is 0.992. The molecule has 0 spiro atoms. The molecule has 0 atom stereocenters. The lowest BCUT2D eigenvalue weighted by atomic mass is 10.1. The smallest absolute Gasteiger partial charge is 0.146 e. The number of hydrogen-bond acceptors (Lipinski definition) is 4. The van der Waals surface area contributed by atoms with Gasteiger partial charge in [-0.1, -0.05) is 113 Å². The lowest BCUT2D eigenvalue weighted by Crippen LogP contribution is -2.49. The zero-order valence-corrected chi connectivity index (χ0v) is 23.4. The van der Waals surface area contributed by atoms with Crippen LogP contribution in [0.15, 0.2) is 114 Å². The Kier molecular flexibility index (Phi) is 7.44. The minimum Gasteiger partial charge on any atom is -0.368 e. The highest BCUT2D eigenvalue weighted by Crippen LogP contribution is 2.40. The normalized spacial score (nSPS) is 14.1. The first-order chi connectivity index (χ1) is 19.1. The number of piperazine rings is 1. The van der Waals surface area contributed by atoms with Gasteiger partial charge in [0.2, 0.25) is 0 Å². The van der Waals surface area contributed by atoms with Crippen molar-refractivity contribution in [3.63, 3.8) is 0 Å². The van der Waals surface area contributed by atoms with Crippen molar-refractivity contribution in [2.75, 3.05) is 31.1 Å². The summed E-state index contributed by atoms with van der Waals surface area (Å²) in [5.41, 5.74) is 6.63. The summed E-state index contributed by atoms with van der Waals surface area (Å²) in [6.45, 7) is 5.79. The highest BCUT2D eigenvalue weighted by Gasteiger charge is 2.23. The van der Waals surface area contributed by atoms with E-state index in [4.69, 9.17) is 21.6 Å². The number of benzene rings is 4. The number of aromatic nitrogens is 1. The minimum absolute atomic E-state index is 0.716. The first kappa shape index (κ1) is 25.4. The number of anilines is 1. The van der Waals surface area contributed by atoms with Crippen LogP contribution in [0.25, 0.3) is 21.8 Å². The predicted molar refractivity (Wildman–Crippen MR) is 166 cm³/mol. The lowest BCUT2D eigenvalue weighted by Gasteiger charge is -2.37. The number of thiazole rings is 1. The van der Waals surface area contributed by atoms with Crippen LogP contribution >= 0.6 is 22.9 Å². The number of aryl methyl sites for hydroxylation is 1. The van der Waals surface area contributed by atoms with Crippen molar-refractivity contribution in [2.45, 2.75) is 6.92 Å². The van der Waals surface area contributed by atoms with Crippen LogP contribution < -0.4 is 4.90 Å². The van der Waals surface area contributed by atoms with E-state index in [-0.39, 0.29) is 0 Å². The van der Waals surface area contributed by atoms with E-state index in [2.05, 4.69) is 83.5 Å². The largest absolute Gasteiger partial charge is 0.368 e. The van der Waals surface area contributed by atoms with Crippen LogP contribution in [0.3, 0.4) is 0 Å². The molecule has 0 bridgehead atoms. The van der Waals surface area contributed by atoms with Crippen LogP contribution in [0.5, 0.6) is 0 Å². The van der Waals surface area contributed by atoms with Crippen molar-refractivity contribution in [1.29, 1.82) is 0 Å². The second kappa shape index (κ2) is 11.4. The molecule has 194 valence electrons. The molecule has 0 saturated carbocycles. The van der Waals surface area contributed by atoms with Crippen molar-refractivity contribution >= 4 is 39.5 Å². The second-order valence-electron chi connectivity index (χ2n) is 9.66. The molecule has 4 nitrogen and oxygen atoms in total. The van der Waals surface area contributed by atoms with Crippen LogP contribution in [-0.2, 0) is 0 Å². The first-order valence-corrected chi connectivity index (χ1v) is 14.4. The Morgan fingerprint density at radius 2 is 1.38 bits per heavy atom. The van der Waals surface area contributed by atoms with Crippen molar-refractivity contribution < 1.29 is 0 Å². The van der Waals surface area contributed by atoms with Crippen molar-refractivity contribution in [3.05, 3.63) is 125 Å². The fraction of sp³-hybridized carbons (Fsp3) is 0.152. The van der Waals surface area contributed by atoms with Gasteiger partial charge in [-0.25, -0.2) is 9.98 Å². The summed E-state index contributed by atoms with van der Waals surface area (Å²) in [6, 6.07) is 37.5. The van der Waals surface area contributed by atoms with Crippen molar-refractivity contribution in [3.8, 4) is 21.8 Å². The Balaban J connectivity index is 1.41. The maximum Gasteiger partial charge on any atom is 0.146 e. The fourth-order valence-corrected chi connectivity index (χ4v) is 5.91. The van der Waals surface area contributed by atoms with E-state index in [0.29, 0.717) is 5.02 Å². The highest BCUT2D eigenvalue weighted by atomic mass is 35.5. The maximum atomic E-state index is 6.17. The molecular weight excluding hydrogens is 520 g/mol. The third-order valence-electron chi connectivity index (χ3n) is 6.97. The average molecular weight is 549 g/mol. The predicted octanol–water partition coefficient (Wildman–Crippen LogP) is 8.34. The number of amidine groups is 1. The molecule has 5 aromatic rings. The Morgan fingerprint density at radius 1 is 0.744 bits per heavy atom. The summed E-state index contributed by atoms with van der Waals surface area (Å²) in [4.78, 5) is 15.3. The van der Waals surface area contributed by atoms with Gasteiger partial charge in [-0.15, -0.1) is 0 Å². The molecular formula is C33H29ClN4S. The summed E-state index contributed by atoms with van der Waals surface area (Å²) in [5, 5.41) is 2.56. The van der Waals surface area contributed by atoms with Gasteiger partial charge in [-0.05, 0) is 31.2 Å². The van der Waals surface area contributed by atoms with Gasteiger partial charge in [0, 0.05) is 53.6 Å². The fourth-order valence-electron chi connectivity index (χ4n) is 4.82. The molecule has 6 heteroatoms. The second-order valence-corrected chi connectivity index (χ2v) is 11.1. The van der Waals surface area contributed by atoms with E-state index in [9.17, 15) is 0 Å². The molecule has 39 heavy (non-hydrogen) atoms. The van der Waals surface area contributed by atoms with Crippen molar-refractivity contribution in [2.24, 2.45) is 4.99 Å². The molecule has 1 fully saturated rings. The van der Waals surface area contributed by atoms with Gasteiger partial charge < -0.3 is 9.80 Å². The SMILES string of the molecule is Cc1ccc(C(=Nc2sc(-c3ccc(Cl)cc3)nc2-c2ccccc2)N2CCN(c3ccccc3)CC2)cc1. The quantitative estimate of drug-likeness (QED) is 0.163.